The van der Waals surface area contributed by atoms with Crippen LogP contribution in [0.3, 0.4) is 0 Å². The van der Waals surface area contributed by atoms with E-state index in [4.69, 9.17) is 9.52 Å². The highest BCUT2D eigenvalue weighted by Crippen LogP contribution is 2.22. The van der Waals surface area contributed by atoms with Gasteiger partial charge in [-0.15, -0.1) is 0 Å². The summed E-state index contributed by atoms with van der Waals surface area (Å²) in [6.45, 7) is 7.82. The molecule has 0 radical (unpaired) electrons. The van der Waals surface area contributed by atoms with Crippen molar-refractivity contribution in [1.82, 2.24) is 10.6 Å². The maximum Gasteiger partial charge on any atom is 0.315 e. The van der Waals surface area contributed by atoms with Gasteiger partial charge in [0.2, 0.25) is 0 Å². The van der Waals surface area contributed by atoms with Gasteiger partial charge in [0.15, 0.2) is 0 Å². The fourth-order valence-electron chi connectivity index (χ4n) is 2.16. The first kappa shape index (κ1) is 17.1. The number of furan rings is 1. The molecule has 1 heterocycles. The normalized spacial score (nSPS) is 14.3. The second kappa shape index (κ2) is 7.15. The van der Waals surface area contributed by atoms with E-state index in [1.54, 1.807) is 19.1 Å². The number of hydrogen-bond acceptors (Lipinski definition) is 3. The Morgan fingerprint density at radius 1 is 1.33 bits per heavy atom. The van der Waals surface area contributed by atoms with E-state index in [9.17, 15) is 9.59 Å². The number of nitrogens with one attached hydrogen (secondary N) is 2. The lowest BCUT2D eigenvalue weighted by Gasteiger charge is -2.26. The second-order valence-electron chi connectivity index (χ2n) is 6.41. The molecule has 0 saturated carbocycles. The Bertz CT molecular complexity index is 463. The monoisotopic (exact) mass is 296 g/mol. The lowest BCUT2D eigenvalue weighted by Crippen LogP contribution is -2.45. The van der Waals surface area contributed by atoms with E-state index in [2.05, 4.69) is 10.6 Å². The van der Waals surface area contributed by atoms with Gasteiger partial charge in [-0.05, 0) is 30.9 Å². The van der Waals surface area contributed by atoms with Gasteiger partial charge in [0.25, 0.3) is 0 Å². The summed E-state index contributed by atoms with van der Waals surface area (Å²) in [6.07, 6.45) is 2.03. The van der Waals surface area contributed by atoms with Crippen molar-refractivity contribution in [2.45, 2.75) is 52.6 Å². The van der Waals surface area contributed by atoms with Crippen molar-refractivity contribution in [3.8, 4) is 0 Å². The second-order valence-corrected chi connectivity index (χ2v) is 6.41. The molecule has 21 heavy (non-hydrogen) atoms. The molecule has 0 aromatic carbocycles. The molecule has 2 amide bonds. The van der Waals surface area contributed by atoms with Crippen LogP contribution in [0.15, 0.2) is 22.8 Å². The van der Waals surface area contributed by atoms with E-state index in [1.807, 2.05) is 20.8 Å². The van der Waals surface area contributed by atoms with E-state index in [1.165, 1.54) is 6.26 Å². The van der Waals surface area contributed by atoms with E-state index in [-0.39, 0.29) is 17.9 Å². The van der Waals surface area contributed by atoms with Crippen LogP contribution in [-0.2, 0) is 4.79 Å². The highest BCUT2D eigenvalue weighted by molar-refractivity contribution is 5.76. The number of urea groups is 1. The van der Waals surface area contributed by atoms with Crippen LogP contribution in [0.2, 0.25) is 0 Å². The standard InChI is InChI=1S/C15H24N2O4/c1-10(12-6-5-7-21-12)16-14(20)17-11(8-13(18)19)9-15(2,3)4/h5-7,10-11H,8-9H2,1-4H3,(H,18,19)(H2,16,17,20). The van der Waals surface area contributed by atoms with Crippen LogP contribution in [0.25, 0.3) is 0 Å². The third-order valence-electron chi connectivity index (χ3n) is 2.93. The van der Waals surface area contributed by atoms with Crippen molar-refractivity contribution in [2.24, 2.45) is 5.41 Å². The molecule has 0 aliphatic rings. The van der Waals surface area contributed by atoms with Crippen molar-refractivity contribution in [3.63, 3.8) is 0 Å². The molecule has 0 saturated heterocycles. The van der Waals surface area contributed by atoms with Gasteiger partial charge in [-0.3, -0.25) is 4.79 Å². The van der Waals surface area contributed by atoms with Gasteiger partial charge in [0, 0.05) is 6.04 Å². The minimum absolute atomic E-state index is 0.0694. The SMILES string of the molecule is CC(NC(=O)NC(CC(=O)O)CC(C)(C)C)c1ccco1. The van der Waals surface area contributed by atoms with Crippen LogP contribution in [0.4, 0.5) is 4.79 Å². The predicted molar refractivity (Wildman–Crippen MR) is 78.9 cm³/mol. The number of amides is 2. The van der Waals surface area contributed by atoms with Gasteiger partial charge in [0.05, 0.1) is 18.7 Å². The van der Waals surface area contributed by atoms with E-state index in [0.29, 0.717) is 12.2 Å². The topological polar surface area (TPSA) is 91.6 Å². The third-order valence-corrected chi connectivity index (χ3v) is 2.93. The van der Waals surface area contributed by atoms with E-state index >= 15 is 0 Å². The first-order valence-electron chi connectivity index (χ1n) is 6.99. The molecular formula is C15H24N2O4. The van der Waals surface area contributed by atoms with Crippen LogP contribution >= 0.6 is 0 Å². The highest BCUT2D eigenvalue weighted by atomic mass is 16.4. The summed E-state index contributed by atoms with van der Waals surface area (Å²) in [5, 5.41) is 14.4. The van der Waals surface area contributed by atoms with Gasteiger partial charge >= 0.3 is 12.0 Å². The lowest BCUT2D eigenvalue weighted by atomic mass is 9.87. The third kappa shape index (κ3) is 6.83. The number of carboxylic acids is 1. The van der Waals surface area contributed by atoms with Crippen molar-refractivity contribution in [3.05, 3.63) is 24.2 Å². The van der Waals surface area contributed by atoms with E-state index < -0.39 is 18.0 Å². The average Bonchev–Trinajstić information content (AvgIpc) is 2.77. The summed E-state index contributed by atoms with van der Waals surface area (Å²) in [4.78, 5) is 22.9. The number of hydrogen-bond donors (Lipinski definition) is 3. The first-order valence-corrected chi connectivity index (χ1v) is 6.99. The molecule has 1 rings (SSSR count). The Morgan fingerprint density at radius 2 is 2.00 bits per heavy atom. The van der Waals surface area contributed by atoms with Gasteiger partial charge < -0.3 is 20.2 Å². The van der Waals surface area contributed by atoms with E-state index in [0.717, 1.165) is 0 Å². The lowest BCUT2D eigenvalue weighted by molar-refractivity contribution is -0.137. The number of aliphatic carboxylic acids is 1. The van der Waals surface area contributed by atoms with Crippen molar-refractivity contribution < 1.29 is 19.1 Å². The maximum absolute atomic E-state index is 12.0. The summed E-state index contributed by atoms with van der Waals surface area (Å²) >= 11 is 0. The molecule has 0 aliphatic heterocycles. The molecule has 118 valence electrons. The fraction of sp³-hybridized carbons (Fsp3) is 0.600. The molecule has 2 atom stereocenters. The van der Waals surface area contributed by atoms with Crippen LogP contribution < -0.4 is 10.6 Å². The van der Waals surface area contributed by atoms with Crippen LogP contribution in [-0.4, -0.2) is 23.1 Å². The summed E-state index contributed by atoms with van der Waals surface area (Å²) in [5.41, 5.74) is -0.0694. The predicted octanol–water partition coefficient (Wildman–Crippen LogP) is 2.92. The molecule has 3 N–H and O–H groups in total. The molecular weight excluding hydrogens is 272 g/mol. The van der Waals surface area contributed by atoms with Gasteiger partial charge in [0.1, 0.15) is 5.76 Å². The minimum atomic E-state index is -0.927. The number of rotatable bonds is 6. The largest absolute Gasteiger partial charge is 0.481 e. The zero-order valence-corrected chi connectivity index (χ0v) is 13.0. The molecule has 0 fully saturated rings. The van der Waals surface area contributed by atoms with Gasteiger partial charge in [-0.1, -0.05) is 20.8 Å². The molecule has 0 bridgehead atoms. The quantitative estimate of drug-likeness (QED) is 0.752. The molecule has 0 spiro atoms. The molecule has 1 aromatic heterocycles. The smallest absolute Gasteiger partial charge is 0.315 e. The highest BCUT2D eigenvalue weighted by Gasteiger charge is 2.23. The number of carbonyl (C=O) groups is 2. The van der Waals surface area contributed by atoms with Crippen LogP contribution in [0.5, 0.6) is 0 Å². The summed E-state index contributed by atoms with van der Waals surface area (Å²) in [7, 11) is 0. The molecule has 1 aromatic rings. The van der Waals surface area contributed by atoms with Gasteiger partial charge in [-0.25, -0.2) is 4.79 Å². The zero-order valence-electron chi connectivity index (χ0n) is 13.0. The van der Waals surface area contributed by atoms with Crippen LogP contribution in [0.1, 0.15) is 52.3 Å². The Balaban J connectivity index is 2.56. The Morgan fingerprint density at radius 3 is 2.48 bits per heavy atom. The summed E-state index contributed by atoms with van der Waals surface area (Å²) in [6, 6.07) is 2.44. The Hall–Kier alpha value is -1.98. The number of carbonyl (C=O) groups excluding carboxylic acids is 1. The Labute approximate surface area is 124 Å². The average molecular weight is 296 g/mol. The van der Waals surface area contributed by atoms with Crippen molar-refractivity contribution in [1.29, 1.82) is 0 Å². The fourth-order valence-corrected chi connectivity index (χ4v) is 2.16. The Kier molecular flexibility index (Phi) is 5.81. The molecule has 6 nitrogen and oxygen atoms in total. The molecule has 2 unspecified atom stereocenters. The zero-order chi connectivity index (χ0) is 16.0. The molecule has 0 aliphatic carbocycles. The minimum Gasteiger partial charge on any atom is -0.481 e. The molecule has 6 heteroatoms. The maximum atomic E-state index is 12.0. The summed E-state index contributed by atoms with van der Waals surface area (Å²) < 4.78 is 5.21. The van der Waals surface area contributed by atoms with Crippen molar-refractivity contribution >= 4 is 12.0 Å². The van der Waals surface area contributed by atoms with Crippen molar-refractivity contribution in [2.75, 3.05) is 0 Å². The van der Waals surface area contributed by atoms with Gasteiger partial charge in [-0.2, -0.15) is 0 Å². The van der Waals surface area contributed by atoms with Crippen LogP contribution in [0, 0.1) is 5.41 Å². The first-order chi connectivity index (χ1) is 9.67. The number of carboxylic acid groups (broad SMARTS) is 1. The summed E-state index contributed by atoms with van der Waals surface area (Å²) in [5.74, 6) is -0.278.